The zero-order chi connectivity index (χ0) is 13.9. The maximum Gasteiger partial charge on any atom is 0.127 e. The predicted molar refractivity (Wildman–Crippen MR) is 78.2 cm³/mol. The van der Waals surface area contributed by atoms with Gasteiger partial charge >= 0.3 is 0 Å². The Morgan fingerprint density at radius 2 is 2.30 bits per heavy atom. The van der Waals surface area contributed by atoms with E-state index in [1.807, 2.05) is 24.8 Å². The molecule has 1 N–H and O–H groups in total. The summed E-state index contributed by atoms with van der Waals surface area (Å²) in [5, 5.41) is 3.47. The summed E-state index contributed by atoms with van der Waals surface area (Å²) in [6.45, 7) is 6.09. The molecule has 3 rings (SSSR count). The quantitative estimate of drug-likeness (QED) is 0.913. The van der Waals surface area contributed by atoms with E-state index in [1.165, 1.54) is 11.1 Å². The van der Waals surface area contributed by atoms with E-state index in [0.717, 1.165) is 32.0 Å². The van der Waals surface area contributed by atoms with Gasteiger partial charge in [-0.05, 0) is 24.1 Å². The molecule has 1 saturated heterocycles. The molecule has 106 valence electrons. The van der Waals surface area contributed by atoms with Crippen LogP contribution in [0.15, 0.2) is 30.9 Å². The highest BCUT2D eigenvalue weighted by Crippen LogP contribution is 2.23. The van der Waals surface area contributed by atoms with Crippen molar-refractivity contribution in [3.63, 3.8) is 0 Å². The molecule has 1 aliphatic heterocycles. The topological polar surface area (TPSA) is 46.0 Å². The van der Waals surface area contributed by atoms with Crippen molar-refractivity contribution in [2.45, 2.75) is 19.5 Å². The summed E-state index contributed by atoms with van der Waals surface area (Å²) in [5.74, 6) is 1.12. The third-order valence-electron chi connectivity index (χ3n) is 4.03. The standard InChI is InChI=1S/C15H21N5/c1-12-3-4-16-9-13(12)11-20-8-5-17-10-14(20)15-18-6-7-19(15)2/h3-4,6-7,9,14,17H,5,8,10-11H2,1-2H3. The summed E-state index contributed by atoms with van der Waals surface area (Å²) in [7, 11) is 2.06. The average Bonchev–Trinajstić information content (AvgIpc) is 2.88. The summed E-state index contributed by atoms with van der Waals surface area (Å²) in [6, 6.07) is 2.40. The number of rotatable bonds is 3. The summed E-state index contributed by atoms with van der Waals surface area (Å²) in [4.78, 5) is 11.3. The van der Waals surface area contributed by atoms with Gasteiger partial charge in [0.25, 0.3) is 0 Å². The van der Waals surface area contributed by atoms with E-state index in [-0.39, 0.29) is 0 Å². The fourth-order valence-electron chi connectivity index (χ4n) is 2.77. The van der Waals surface area contributed by atoms with Gasteiger partial charge in [-0.15, -0.1) is 0 Å². The number of hydrogen-bond acceptors (Lipinski definition) is 4. The Balaban J connectivity index is 1.83. The summed E-state index contributed by atoms with van der Waals surface area (Å²) in [6.07, 6.45) is 7.72. The SMILES string of the molecule is Cc1ccncc1CN1CCNCC1c1nccn1C. The lowest BCUT2D eigenvalue weighted by atomic mass is 10.1. The van der Waals surface area contributed by atoms with Gasteiger partial charge in [-0.3, -0.25) is 9.88 Å². The lowest BCUT2D eigenvalue weighted by molar-refractivity contribution is 0.144. The summed E-state index contributed by atoms with van der Waals surface area (Å²) < 4.78 is 2.11. The molecular formula is C15H21N5. The zero-order valence-electron chi connectivity index (χ0n) is 12.1. The van der Waals surface area contributed by atoms with E-state index in [9.17, 15) is 0 Å². The van der Waals surface area contributed by atoms with Crippen LogP contribution in [0.1, 0.15) is 23.0 Å². The third kappa shape index (κ3) is 2.59. The fourth-order valence-corrected chi connectivity index (χ4v) is 2.77. The third-order valence-corrected chi connectivity index (χ3v) is 4.03. The molecule has 1 atom stereocenters. The molecule has 0 aromatic carbocycles. The molecule has 0 radical (unpaired) electrons. The number of nitrogens with zero attached hydrogens (tertiary/aromatic N) is 4. The minimum absolute atomic E-state index is 0.323. The number of hydrogen-bond donors (Lipinski definition) is 1. The highest BCUT2D eigenvalue weighted by atomic mass is 15.3. The molecule has 2 aromatic rings. The predicted octanol–water partition coefficient (Wildman–Crippen LogP) is 1.27. The van der Waals surface area contributed by atoms with Crippen LogP contribution >= 0.6 is 0 Å². The van der Waals surface area contributed by atoms with Crippen LogP contribution in [-0.2, 0) is 13.6 Å². The molecule has 0 spiro atoms. The molecule has 5 heteroatoms. The fraction of sp³-hybridized carbons (Fsp3) is 0.467. The number of nitrogens with one attached hydrogen (secondary N) is 1. The normalized spacial score (nSPS) is 20.2. The van der Waals surface area contributed by atoms with Crippen molar-refractivity contribution in [1.82, 2.24) is 24.8 Å². The van der Waals surface area contributed by atoms with Gasteiger partial charge in [-0.2, -0.15) is 0 Å². The number of aryl methyl sites for hydroxylation is 2. The first-order chi connectivity index (χ1) is 9.75. The zero-order valence-corrected chi connectivity index (χ0v) is 12.1. The van der Waals surface area contributed by atoms with E-state index in [4.69, 9.17) is 0 Å². The van der Waals surface area contributed by atoms with E-state index in [2.05, 4.69) is 44.8 Å². The van der Waals surface area contributed by atoms with Crippen LogP contribution in [0.4, 0.5) is 0 Å². The minimum atomic E-state index is 0.323. The van der Waals surface area contributed by atoms with E-state index in [1.54, 1.807) is 0 Å². The van der Waals surface area contributed by atoms with Crippen molar-refractivity contribution < 1.29 is 0 Å². The van der Waals surface area contributed by atoms with Gasteiger partial charge in [0.15, 0.2) is 0 Å². The Kier molecular flexibility index (Phi) is 3.80. The Morgan fingerprint density at radius 1 is 1.40 bits per heavy atom. The van der Waals surface area contributed by atoms with Crippen LogP contribution < -0.4 is 5.32 Å². The van der Waals surface area contributed by atoms with Gasteiger partial charge in [0.2, 0.25) is 0 Å². The Labute approximate surface area is 119 Å². The Morgan fingerprint density at radius 3 is 3.05 bits per heavy atom. The second-order valence-electron chi connectivity index (χ2n) is 5.39. The van der Waals surface area contributed by atoms with Crippen LogP contribution in [0.2, 0.25) is 0 Å². The molecule has 1 fully saturated rings. The van der Waals surface area contributed by atoms with Crippen molar-refractivity contribution in [2.75, 3.05) is 19.6 Å². The van der Waals surface area contributed by atoms with Crippen LogP contribution in [0.5, 0.6) is 0 Å². The van der Waals surface area contributed by atoms with Crippen molar-refractivity contribution in [2.24, 2.45) is 7.05 Å². The monoisotopic (exact) mass is 271 g/mol. The Bertz CT molecular complexity index is 577. The van der Waals surface area contributed by atoms with Crippen LogP contribution in [0.3, 0.4) is 0 Å². The lowest BCUT2D eigenvalue weighted by Gasteiger charge is -2.35. The molecule has 0 aliphatic carbocycles. The number of imidazole rings is 1. The van der Waals surface area contributed by atoms with Crippen molar-refractivity contribution in [3.8, 4) is 0 Å². The smallest absolute Gasteiger partial charge is 0.127 e. The molecule has 1 aliphatic rings. The van der Waals surface area contributed by atoms with Crippen molar-refractivity contribution in [1.29, 1.82) is 0 Å². The molecule has 0 amide bonds. The van der Waals surface area contributed by atoms with E-state index in [0.29, 0.717) is 6.04 Å². The molecule has 3 heterocycles. The Hall–Kier alpha value is -1.72. The largest absolute Gasteiger partial charge is 0.337 e. The van der Waals surface area contributed by atoms with Gasteiger partial charge in [0.1, 0.15) is 5.82 Å². The first kappa shape index (κ1) is 13.3. The lowest BCUT2D eigenvalue weighted by Crippen LogP contribution is -2.46. The summed E-state index contributed by atoms with van der Waals surface area (Å²) in [5.41, 5.74) is 2.60. The summed E-state index contributed by atoms with van der Waals surface area (Å²) >= 11 is 0. The highest BCUT2D eigenvalue weighted by molar-refractivity contribution is 5.21. The molecule has 20 heavy (non-hydrogen) atoms. The molecule has 1 unspecified atom stereocenters. The molecule has 0 saturated carbocycles. The molecule has 2 aromatic heterocycles. The van der Waals surface area contributed by atoms with E-state index >= 15 is 0 Å². The van der Waals surface area contributed by atoms with Crippen LogP contribution in [-0.4, -0.2) is 39.1 Å². The maximum atomic E-state index is 4.52. The van der Waals surface area contributed by atoms with Gasteiger partial charge in [0.05, 0.1) is 6.04 Å². The first-order valence-electron chi connectivity index (χ1n) is 7.07. The first-order valence-corrected chi connectivity index (χ1v) is 7.07. The second kappa shape index (κ2) is 5.73. The highest BCUT2D eigenvalue weighted by Gasteiger charge is 2.26. The van der Waals surface area contributed by atoms with Crippen LogP contribution in [0, 0.1) is 6.92 Å². The maximum absolute atomic E-state index is 4.52. The molecular weight excluding hydrogens is 250 g/mol. The van der Waals surface area contributed by atoms with Gasteiger partial charge in [-0.1, -0.05) is 0 Å². The van der Waals surface area contributed by atoms with Crippen molar-refractivity contribution in [3.05, 3.63) is 47.8 Å². The molecule has 5 nitrogen and oxygen atoms in total. The van der Waals surface area contributed by atoms with Gasteiger partial charge < -0.3 is 9.88 Å². The number of pyridine rings is 1. The average molecular weight is 271 g/mol. The molecule has 0 bridgehead atoms. The number of aromatic nitrogens is 3. The van der Waals surface area contributed by atoms with Gasteiger partial charge in [0, 0.05) is 58.0 Å². The minimum Gasteiger partial charge on any atom is -0.337 e. The van der Waals surface area contributed by atoms with Crippen molar-refractivity contribution >= 4 is 0 Å². The van der Waals surface area contributed by atoms with E-state index < -0.39 is 0 Å². The van der Waals surface area contributed by atoms with Crippen LogP contribution in [0.25, 0.3) is 0 Å². The van der Waals surface area contributed by atoms with Gasteiger partial charge in [-0.25, -0.2) is 4.98 Å². The number of piperazine rings is 1. The second-order valence-corrected chi connectivity index (χ2v) is 5.39.